The van der Waals surface area contributed by atoms with Gasteiger partial charge in [0.2, 0.25) is 0 Å². The third-order valence-electron chi connectivity index (χ3n) is 9.04. The molecule has 242 valence electrons. The molecule has 3 aromatic heterocycles. The largest absolute Gasteiger partial charge is 0.248 e. The Labute approximate surface area is 308 Å². The van der Waals surface area contributed by atoms with Gasteiger partial charge in [-0.3, -0.25) is 0 Å². The first-order chi connectivity index (χ1) is 23.5. The van der Waals surface area contributed by atoms with E-state index in [1.807, 2.05) is 22.7 Å². The molecule has 0 saturated heterocycles. The summed E-state index contributed by atoms with van der Waals surface area (Å²) in [6.07, 6.45) is 18.2. The van der Waals surface area contributed by atoms with Gasteiger partial charge >= 0.3 is 0 Å². The van der Waals surface area contributed by atoms with Crippen LogP contribution in [0.25, 0.3) is 65.4 Å². The average molecular weight is 795 g/mol. The summed E-state index contributed by atoms with van der Waals surface area (Å²) < 4.78 is 7.17. The van der Waals surface area contributed by atoms with Crippen LogP contribution >= 0.6 is 54.5 Å². The van der Waals surface area contributed by atoms with Crippen LogP contribution in [0.1, 0.15) is 86.3 Å². The maximum atomic E-state index is 5.43. The fourth-order valence-electron chi connectivity index (χ4n) is 6.53. The first kappa shape index (κ1) is 33.3. The van der Waals surface area contributed by atoms with Crippen LogP contribution in [-0.2, 0) is 12.8 Å². The van der Waals surface area contributed by atoms with Gasteiger partial charge in [-0.1, -0.05) is 95.7 Å². The lowest BCUT2D eigenvalue weighted by Crippen LogP contribution is -1.92. The summed E-state index contributed by atoms with van der Waals surface area (Å²) in [5.74, 6) is 0. The maximum Gasteiger partial charge on any atom is 0.0730 e. The van der Waals surface area contributed by atoms with Gasteiger partial charge in [-0.05, 0) is 121 Å². The number of halogens is 2. The minimum Gasteiger partial charge on any atom is -0.248 e. The number of fused-ring (bicyclic) bond motifs is 8. The molecule has 0 amide bonds. The molecule has 0 radical (unpaired) electrons. The monoisotopic (exact) mass is 792 g/mol. The van der Waals surface area contributed by atoms with E-state index in [-0.39, 0.29) is 0 Å². The minimum atomic E-state index is 0.993. The molecule has 2 aliphatic rings. The Kier molecular flexibility index (Phi) is 10.5. The Balaban J connectivity index is 1.60. The van der Waals surface area contributed by atoms with E-state index in [9.17, 15) is 0 Å². The second-order valence-electron chi connectivity index (χ2n) is 12.4. The molecule has 48 heavy (non-hydrogen) atoms. The van der Waals surface area contributed by atoms with E-state index in [0.29, 0.717) is 0 Å². The van der Waals surface area contributed by atoms with Crippen molar-refractivity contribution in [3.05, 3.63) is 116 Å². The number of aryl methyl sites for hydroxylation is 2. The van der Waals surface area contributed by atoms with E-state index in [0.717, 1.165) is 79.7 Å². The zero-order chi connectivity index (χ0) is 33.0. The Hall–Kier alpha value is -3.16. The molecule has 7 rings (SSSR count). The van der Waals surface area contributed by atoms with Crippen LogP contribution < -0.4 is 0 Å². The highest BCUT2D eigenvalue weighted by Crippen LogP contribution is 2.40. The van der Waals surface area contributed by atoms with Crippen molar-refractivity contribution in [2.45, 2.75) is 65.2 Å². The molecular weight excluding hydrogens is 756 g/mol. The number of benzene rings is 2. The number of hydrogen-bond acceptors (Lipinski definition) is 4. The molecule has 0 atom stereocenters. The molecule has 0 fully saturated rings. The Bertz CT molecular complexity index is 2020. The zero-order valence-electron chi connectivity index (χ0n) is 27.4. The van der Waals surface area contributed by atoms with Crippen LogP contribution in [-0.4, -0.2) is 9.97 Å². The highest BCUT2D eigenvalue weighted by atomic mass is 79.9. The SMILES string of the molecule is CCCCCc1c2nc(c(CCCCC)c3ccc(s3)c(-c3ccc(Br)cc3)c3nc(c(-c4ccc(Br)cc4)c4ccc1s4)C=C3)C=C2. The number of nitrogens with zero attached hydrogens (tertiary/aromatic N) is 2. The molecule has 0 spiro atoms. The van der Waals surface area contributed by atoms with Crippen molar-refractivity contribution in [3.63, 3.8) is 0 Å². The van der Waals surface area contributed by atoms with Crippen molar-refractivity contribution in [2.75, 3.05) is 0 Å². The van der Waals surface area contributed by atoms with Gasteiger partial charge in [-0.25, -0.2) is 9.97 Å². The van der Waals surface area contributed by atoms with Crippen LogP contribution in [0.3, 0.4) is 0 Å². The molecule has 0 N–H and O–H groups in total. The molecule has 6 heteroatoms. The maximum absolute atomic E-state index is 5.43. The molecule has 2 aliphatic heterocycles. The van der Waals surface area contributed by atoms with Crippen molar-refractivity contribution in [2.24, 2.45) is 0 Å². The summed E-state index contributed by atoms with van der Waals surface area (Å²) in [4.78, 5) is 10.8. The van der Waals surface area contributed by atoms with E-state index in [1.165, 1.54) is 55.6 Å². The summed E-state index contributed by atoms with van der Waals surface area (Å²) in [7, 11) is 0. The van der Waals surface area contributed by atoms with E-state index < -0.39 is 0 Å². The van der Waals surface area contributed by atoms with Crippen molar-refractivity contribution >= 4 is 97.6 Å². The molecule has 2 nitrogen and oxygen atoms in total. The van der Waals surface area contributed by atoms with Crippen LogP contribution in [0.2, 0.25) is 0 Å². The smallest absolute Gasteiger partial charge is 0.0730 e. The van der Waals surface area contributed by atoms with Gasteiger partial charge < -0.3 is 0 Å². The van der Waals surface area contributed by atoms with Crippen molar-refractivity contribution in [1.29, 1.82) is 0 Å². The molecule has 8 bridgehead atoms. The van der Waals surface area contributed by atoms with Gasteiger partial charge in [-0.15, -0.1) is 22.7 Å². The van der Waals surface area contributed by atoms with Gasteiger partial charge in [-0.2, -0.15) is 0 Å². The summed E-state index contributed by atoms with van der Waals surface area (Å²) in [6, 6.07) is 26.5. The highest BCUT2D eigenvalue weighted by molar-refractivity contribution is 9.10. The fourth-order valence-corrected chi connectivity index (χ4v) is 9.39. The van der Waals surface area contributed by atoms with Crippen molar-refractivity contribution < 1.29 is 0 Å². The lowest BCUT2D eigenvalue weighted by atomic mass is 10.0. The molecule has 5 aromatic rings. The lowest BCUT2D eigenvalue weighted by molar-refractivity contribution is 0.716. The van der Waals surface area contributed by atoms with E-state index in [2.05, 4.69) is 143 Å². The van der Waals surface area contributed by atoms with Gasteiger partial charge in [0.1, 0.15) is 0 Å². The second kappa shape index (κ2) is 15.2. The van der Waals surface area contributed by atoms with Gasteiger partial charge in [0.15, 0.2) is 0 Å². The van der Waals surface area contributed by atoms with Crippen LogP contribution in [0.5, 0.6) is 0 Å². The van der Waals surface area contributed by atoms with E-state index >= 15 is 0 Å². The Morgan fingerprint density at radius 2 is 0.833 bits per heavy atom. The summed E-state index contributed by atoms with van der Waals surface area (Å²) in [5.41, 5.74) is 11.6. The topological polar surface area (TPSA) is 25.8 Å². The molecule has 2 aromatic carbocycles. The first-order valence-electron chi connectivity index (χ1n) is 17.0. The third kappa shape index (κ3) is 7.09. The molecule has 0 aliphatic carbocycles. The zero-order valence-corrected chi connectivity index (χ0v) is 32.2. The molecule has 0 unspecified atom stereocenters. The third-order valence-corrected chi connectivity index (χ3v) is 12.4. The van der Waals surface area contributed by atoms with Gasteiger partial charge in [0, 0.05) is 38.9 Å². The molecule has 0 saturated carbocycles. The second-order valence-corrected chi connectivity index (χ2v) is 16.4. The minimum absolute atomic E-state index is 0.993. The van der Waals surface area contributed by atoms with E-state index in [1.54, 1.807) is 0 Å². The predicted octanol–water partition coefficient (Wildman–Crippen LogP) is 14.4. The highest BCUT2D eigenvalue weighted by Gasteiger charge is 2.18. The average Bonchev–Trinajstić information content (AvgIpc) is 3.93. The van der Waals surface area contributed by atoms with E-state index in [4.69, 9.17) is 9.97 Å². The quantitative estimate of drug-likeness (QED) is 0.129. The summed E-state index contributed by atoms with van der Waals surface area (Å²) in [6.45, 7) is 4.55. The fraction of sp³-hybridized carbons (Fsp3) is 0.238. The normalized spacial score (nSPS) is 12.2. The number of hydrogen-bond donors (Lipinski definition) is 0. The van der Waals surface area contributed by atoms with Crippen molar-refractivity contribution in [3.8, 4) is 22.3 Å². The molecular formula is C42H38Br2N2S2. The molecule has 5 heterocycles. The number of aromatic nitrogens is 2. The predicted molar refractivity (Wildman–Crippen MR) is 219 cm³/mol. The van der Waals surface area contributed by atoms with Crippen LogP contribution in [0.15, 0.2) is 81.7 Å². The standard InChI is InChI=1S/C42H38Br2N2S2/c1-3-5-7-9-31-33-19-20-34(45-33)32(10-8-6-4-2)38-24-26-40(48-38)42(28-13-17-30(44)18-14-28)36-22-21-35(46-36)41(39-25-23-37(31)47-39)27-11-15-29(43)16-12-27/h11-26H,3-10H2,1-2H3. The number of unbranched alkanes of at least 4 members (excludes halogenated alkanes) is 4. The van der Waals surface area contributed by atoms with Gasteiger partial charge in [0.25, 0.3) is 0 Å². The van der Waals surface area contributed by atoms with Crippen LogP contribution in [0.4, 0.5) is 0 Å². The lowest BCUT2D eigenvalue weighted by Gasteiger charge is -2.06. The summed E-state index contributed by atoms with van der Waals surface area (Å²) in [5, 5.41) is 0. The first-order valence-corrected chi connectivity index (χ1v) is 20.2. The Morgan fingerprint density at radius 1 is 0.458 bits per heavy atom. The van der Waals surface area contributed by atoms with Gasteiger partial charge in [0.05, 0.1) is 22.8 Å². The van der Waals surface area contributed by atoms with Crippen molar-refractivity contribution in [1.82, 2.24) is 9.97 Å². The Morgan fingerprint density at radius 3 is 1.25 bits per heavy atom. The number of rotatable bonds is 10. The van der Waals surface area contributed by atoms with Crippen LogP contribution in [0, 0.1) is 0 Å². The number of thiophene rings is 2. The summed E-state index contributed by atoms with van der Waals surface area (Å²) >= 11 is 11.0.